The first-order valence-electron chi connectivity index (χ1n) is 13.7. The zero-order chi connectivity index (χ0) is 31.1. The van der Waals surface area contributed by atoms with Crippen molar-refractivity contribution in [2.24, 2.45) is 0 Å². The minimum atomic E-state index is 0. The van der Waals surface area contributed by atoms with Gasteiger partial charge in [-0.3, -0.25) is 15.0 Å². The molecular formula is C36H55Cl3N4O. The Labute approximate surface area is 283 Å². The van der Waals surface area contributed by atoms with Crippen molar-refractivity contribution in [1.82, 2.24) is 15.0 Å². The molecule has 0 radical (unpaired) electrons. The van der Waals surface area contributed by atoms with E-state index >= 15 is 0 Å². The van der Waals surface area contributed by atoms with Gasteiger partial charge in [-0.05, 0) is 71.0 Å². The van der Waals surface area contributed by atoms with Crippen LogP contribution < -0.4 is 4.73 Å². The van der Waals surface area contributed by atoms with Crippen LogP contribution in [0.3, 0.4) is 0 Å². The lowest BCUT2D eigenvalue weighted by Crippen LogP contribution is -2.25. The molecule has 0 unspecified atom stereocenters. The van der Waals surface area contributed by atoms with Gasteiger partial charge in [0.05, 0.1) is 5.02 Å². The second kappa shape index (κ2) is 23.6. The summed E-state index contributed by atoms with van der Waals surface area (Å²) in [6, 6.07) is 8.16. The van der Waals surface area contributed by atoms with Crippen molar-refractivity contribution in [3.8, 4) is 0 Å². The molecule has 4 aromatic rings. The number of rotatable bonds is 4. The fraction of sp³-hybridized carbons (Fsp3) is 0.444. The SMILES string of the molecule is C.C.C.CC(C)c1c(Cl)c[n+]([O-])cc1Cl.CC(C)c1cccnc1.CC(C)c1ccncc1.Cc1cncc(Cl)c1C(C)C. The van der Waals surface area contributed by atoms with Gasteiger partial charge in [-0.15, -0.1) is 0 Å². The van der Waals surface area contributed by atoms with E-state index < -0.39 is 0 Å². The Morgan fingerprint density at radius 3 is 1.39 bits per heavy atom. The van der Waals surface area contributed by atoms with Crippen LogP contribution in [0.2, 0.25) is 15.1 Å². The molecule has 0 aromatic carbocycles. The lowest BCUT2D eigenvalue weighted by Gasteiger charge is -2.09. The van der Waals surface area contributed by atoms with Gasteiger partial charge in [0, 0.05) is 42.7 Å². The first-order chi connectivity index (χ1) is 19.3. The predicted octanol–water partition coefficient (Wildman–Crippen LogP) is 12.2. The maximum Gasteiger partial charge on any atom is 0.199 e. The summed E-state index contributed by atoms with van der Waals surface area (Å²) in [6.45, 7) is 18.9. The Kier molecular flexibility index (Phi) is 24.5. The molecule has 4 aromatic heterocycles. The summed E-state index contributed by atoms with van der Waals surface area (Å²) in [5, 5.41) is 12.5. The van der Waals surface area contributed by atoms with Crippen molar-refractivity contribution in [2.75, 3.05) is 0 Å². The standard InChI is InChI=1S/C9H12ClN.C8H9Cl2NO.2C8H11N.3CH4/c1-6(2)9-7(3)4-11-5-8(9)10;1-5(2)8-6(9)3-11(12)4-7(8)10;1-7(2)8-3-5-9-6-4-8;1-7(2)8-4-3-5-9-6-8;;;/h4-6H,1-3H3;3-5H,1-2H3;2*3-7H,1-2H3;3*1H4. The summed E-state index contributed by atoms with van der Waals surface area (Å²) in [7, 11) is 0. The molecular weight excluding hydrogens is 611 g/mol. The topological polar surface area (TPSA) is 65.6 Å². The Morgan fingerprint density at radius 2 is 1.07 bits per heavy atom. The molecule has 0 N–H and O–H groups in total. The van der Waals surface area contributed by atoms with Crippen LogP contribution in [0.4, 0.5) is 0 Å². The van der Waals surface area contributed by atoms with E-state index in [4.69, 9.17) is 34.8 Å². The van der Waals surface area contributed by atoms with Crippen molar-refractivity contribution in [3.05, 3.63) is 122 Å². The van der Waals surface area contributed by atoms with Crippen molar-refractivity contribution in [1.29, 1.82) is 0 Å². The minimum absolute atomic E-state index is 0. The van der Waals surface area contributed by atoms with Gasteiger partial charge in [-0.25, -0.2) is 0 Å². The zero-order valence-electron chi connectivity index (χ0n) is 25.6. The Hall–Kier alpha value is -2.73. The fourth-order valence-electron chi connectivity index (χ4n) is 3.80. The molecule has 0 aliphatic carbocycles. The van der Waals surface area contributed by atoms with Gasteiger partial charge in [0.2, 0.25) is 0 Å². The monoisotopic (exact) mass is 664 g/mol. The fourth-order valence-corrected chi connectivity index (χ4v) is 5.11. The second-order valence-corrected chi connectivity index (χ2v) is 12.0. The molecule has 44 heavy (non-hydrogen) atoms. The van der Waals surface area contributed by atoms with Gasteiger partial charge in [-0.1, -0.05) is 119 Å². The van der Waals surface area contributed by atoms with Crippen LogP contribution in [0.15, 0.2) is 73.8 Å². The lowest BCUT2D eigenvalue weighted by atomic mass is 10.0. The summed E-state index contributed by atoms with van der Waals surface area (Å²) < 4.78 is 0.608. The third-order valence-corrected chi connectivity index (χ3v) is 6.92. The van der Waals surface area contributed by atoms with Gasteiger partial charge in [0.25, 0.3) is 0 Å². The molecule has 0 aliphatic rings. The molecule has 0 fully saturated rings. The second-order valence-electron chi connectivity index (χ2n) is 10.8. The van der Waals surface area contributed by atoms with Crippen LogP contribution >= 0.6 is 34.8 Å². The third-order valence-electron chi connectivity index (χ3n) is 6.01. The molecule has 0 amide bonds. The highest BCUT2D eigenvalue weighted by Gasteiger charge is 2.13. The first kappa shape index (κ1) is 45.7. The van der Waals surface area contributed by atoms with E-state index in [0.29, 0.717) is 32.5 Å². The van der Waals surface area contributed by atoms with Crippen molar-refractivity contribution < 1.29 is 4.73 Å². The first-order valence-corrected chi connectivity index (χ1v) is 14.9. The van der Waals surface area contributed by atoms with Crippen molar-refractivity contribution >= 4 is 34.8 Å². The summed E-state index contributed by atoms with van der Waals surface area (Å²) in [6.07, 6.45) is 13.5. The Morgan fingerprint density at radius 1 is 0.568 bits per heavy atom. The highest BCUT2D eigenvalue weighted by molar-refractivity contribution is 6.35. The molecule has 4 heterocycles. The maximum atomic E-state index is 10.8. The number of pyridine rings is 4. The van der Waals surface area contributed by atoms with Gasteiger partial charge in [0.1, 0.15) is 10.0 Å². The van der Waals surface area contributed by atoms with Gasteiger partial charge < -0.3 is 5.21 Å². The van der Waals surface area contributed by atoms with Crippen LogP contribution in [0, 0.1) is 12.1 Å². The number of hydrogen-bond acceptors (Lipinski definition) is 4. The molecule has 0 saturated heterocycles. The van der Waals surface area contributed by atoms with Crippen LogP contribution in [0.25, 0.3) is 0 Å². The number of nitrogens with zero attached hydrogens (tertiary/aromatic N) is 4. The van der Waals surface area contributed by atoms with E-state index in [1.54, 1.807) is 12.4 Å². The molecule has 0 saturated carbocycles. The van der Waals surface area contributed by atoms with Crippen molar-refractivity contribution in [3.63, 3.8) is 0 Å². The molecule has 0 atom stereocenters. The summed E-state index contributed by atoms with van der Waals surface area (Å²) in [5.41, 5.74) is 5.86. The van der Waals surface area contributed by atoms with E-state index in [-0.39, 0.29) is 28.2 Å². The zero-order valence-corrected chi connectivity index (χ0v) is 27.8. The van der Waals surface area contributed by atoms with E-state index in [9.17, 15) is 5.21 Å². The molecule has 4 rings (SSSR count). The summed E-state index contributed by atoms with van der Waals surface area (Å²) in [5.74, 6) is 1.92. The summed E-state index contributed by atoms with van der Waals surface area (Å²) >= 11 is 17.6. The normalized spacial score (nSPS) is 9.73. The average molecular weight is 666 g/mol. The van der Waals surface area contributed by atoms with Gasteiger partial charge in [0.15, 0.2) is 12.4 Å². The smallest absolute Gasteiger partial charge is 0.199 e. The van der Waals surface area contributed by atoms with E-state index in [1.165, 1.54) is 34.6 Å². The number of aryl methyl sites for hydroxylation is 1. The van der Waals surface area contributed by atoms with Crippen LogP contribution in [0.1, 0.15) is 129 Å². The average Bonchev–Trinajstić information content (AvgIpc) is 2.90. The van der Waals surface area contributed by atoms with Crippen LogP contribution in [0.5, 0.6) is 0 Å². The predicted molar refractivity (Wildman–Crippen MR) is 194 cm³/mol. The van der Waals surface area contributed by atoms with Crippen molar-refractivity contribution in [2.45, 2.75) is 108 Å². The Balaban J connectivity index is -0.000000501. The van der Waals surface area contributed by atoms with E-state index in [2.05, 4.69) is 62.6 Å². The molecule has 0 aliphatic heterocycles. The minimum Gasteiger partial charge on any atom is -0.619 e. The largest absolute Gasteiger partial charge is 0.619 e. The van der Waals surface area contributed by atoms with E-state index in [0.717, 1.165) is 10.6 Å². The number of hydrogen-bond donors (Lipinski definition) is 0. The van der Waals surface area contributed by atoms with Gasteiger partial charge >= 0.3 is 0 Å². The molecule has 246 valence electrons. The highest BCUT2D eigenvalue weighted by atomic mass is 35.5. The lowest BCUT2D eigenvalue weighted by molar-refractivity contribution is -0.605. The third kappa shape index (κ3) is 16.4. The highest BCUT2D eigenvalue weighted by Crippen LogP contribution is 2.29. The van der Waals surface area contributed by atoms with Gasteiger partial charge in [-0.2, -0.15) is 4.73 Å². The van der Waals surface area contributed by atoms with Crippen LogP contribution in [-0.4, -0.2) is 15.0 Å². The molecule has 8 heteroatoms. The maximum absolute atomic E-state index is 10.8. The Bertz CT molecular complexity index is 1210. The van der Waals surface area contributed by atoms with E-state index in [1.807, 2.05) is 63.8 Å². The quantitative estimate of drug-likeness (QED) is 0.161. The molecule has 5 nitrogen and oxygen atoms in total. The number of aromatic nitrogens is 4. The molecule has 0 spiro atoms. The van der Waals surface area contributed by atoms with Crippen LogP contribution in [-0.2, 0) is 0 Å². The number of halogens is 3. The summed E-state index contributed by atoms with van der Waals surface area (Å²) in [4.78, 5) is 11.9. The molecule has 0 bridgehead atoms.